The summed E-state index contributed by atoms with van der Waals surface area (Å²) in [5, 5.41) is 22.8. The van der Waals surface area contributed by atoms with Gasteiger partial charge in [0.15, 0.2) is 0 Å². The summed E-state index contributed by atoms with van der Waals surface area (Å²) in [6, 6.07) is 23.0. The van der Waals surface area contributed by atoms with E-state index in [1.807, 2.05) is 86.6 Å². The molecule has 152 valence electrons. The van der Waals surface area contributed by atoms with Crippen molar-refractivity contribution in [2.45, 2.75) is 19.3 Å². The zero-order valence-corrected chi connectivity index (χ0v) is 17.1. The normalized spacial score (nSPS) is 14.5. The smallest absolute Gasteiger partial charge is 0.135 e. The molecule has 2 heterocycles. The number of hydrogen-bond acceptors (Lipinski definition) is 4. The Morgan fingerprint density at radius 1 is 0.548 bits per heavy atom. The Bertz CT molecular complexity index is 1280. The van der Waals surface area contributed by atoms with E-state index >= 15 is 0 Å². The highest BCUT2D eigenvalue weighted by molar-refractivity contribution is 5.80. The van der Waals surface area contributed by atoms with Gasteiger partial charge in [-0.15, -0.1) is 0 Å². The fraction of sp³-hybridized carbons (Fsp3) is 0.111. The van der Waals surface area contributed by atoms with Crippen molar-refractivity contribution in [2.75, 3.05) is 0 Å². The topological polar surface area (TPSA) is 58.9 Å². The molecule has 4 aromatic carbocycles. The summed E-state index contributed by atoms with van der Waals surface area (Å²) in [6.07, 6.45) is 0. The molecular weight excluding hydrogens is 388 g/mol. The second-order valence-corrected chi connectivity index (χ2v) is 8.15. The summed E-state index contributed by atoms with van der Waals surface area (Å²) < 4.78 is 12.5. The molecule has 1 spiro atoms. The summed E-state index contributed by atoms with van der Waals surface area (Å²) in [5.74, 6) is 2.78. The zero-order chi connectivity index (χ0) is 21.3. The number of fused-ring (bicyclic) bond motifs is 8. The van der Waals surface area contributed by atoms with Crippen LogP contribution in [0.3, 0.4) is 0 Å². The molecule has 6 rings (SSSR count). The van der Waals surface area contributed by atoms with Gasteiger partial charge in [-0.1, -0.05) is 48.5 Å². The number of para-hydroxylation sites is 2. The van der Waals surface area contributed by atoms with Crippen molar-refractivity contribution in [1.82, 2.24) is 0 Å². The number of ether oxygens (including phenoxy) is 2. The highest BCUT2D eigenvalue weighted by Crippen LogP contribution is 2.65. The lowest BCUT2D eigenvalue weighted by atomic mass is 9.61. The van der Waals surface area contributed by atoms with E-state index in [-0.39, 0.29) is 11.5 Å². The van der Waals surface area contributed by atoms with Gasteiger partial charge in [-0.2, -0.15) is 0 Å². The van der Waals surface area contributed by atoms with Gasteiger partial charge in [0.05, 0.1) is 16.5 Å². The summed E-state index contributed by atoms with van der Waals surface area (Å²) in [5.41, 5.74) is 3.40. The average molecular weight is 408 g/mol. The minimum atomic E-state index is -0.999. The first kappa shape index (κ1) is 17.9. The van der Waals surface area contributed by atoms with Gasteiger partial charge in [0, 0.05) is 11.1 Å². The fourth-order valence-corrected chi connectivity index (χ4v) is 5.03. The van der Waals surface area contributed by atoms with Crippen LogP contribution in [0.25, 0.3) is 0 Å². The van der Waals surface area contributed by atoms with Crippen LogP contribution in [0.4, 0.5) is 0 Å². The maximum absolute atomic E-state index is 11.4. The number of aryl methyl sites for hydroxylation is 2. The van der Waals surface area contributed by atoms with Crippen LogP contribution < -0.4 is 9.47 Å². The molecule has 0 unspecified atom stereocenters. The molecule has 2 aliphatic heterocycles. The van der Waals surface area contributed by atoms with Gasteiger partial charge in [0.2, 0.25) is 0 Å². The standard InChI is InChI=1S/C27H20O4/c1-15-11-13-21-23(25(15)28)27(17-7-3-5-9-19(17)30-21)18-8-4-6-10-20(18)31-22-14-12-16(2)26(29)24(22)27/h3-14,28-29H,1-2H3. The lowest BCUT2D eigenvalue weighted by Gasteiger charge is -2.45. The van der Waals surface area contributed by atoms with Crippen LogP contribution >= 0.6 is 0 Å². The largest absolute Gasteiger partial charge is 0.507 e. The highest BCUT2D eigenvalue weighted by Gasteiger charge is 2.53. The second-order valence-electron chi connectivity index (χ2n) is 8.15. The Balaban J connectivity index is 1.91. The molecule has 4 heteroatoms. The Morgan fingerprint density at radius 3 is 1.42 bits per heavy atom. The SMILES string of the molecule is Cc1ccc2c(c1O)C1(c3ccccc3O2)c2ccccc2Oc2ccc(C)c(O)c21. The molecule has 2 N–H and O–H groups in total. The van der Waals surface area contributed by atoms with Crippen molar-refractivity contribution in [3.8, 4) is 34.5 Å². The second kappa shape index (κ2) is 6.05. The maximum Gasteiger partial charge on any atom is 0.135 e. The third kappa shape index (κ3) is 2.14. The molecule has 0 bridgehead atoms. The van der Waals surface area contributed by atoms with E-state index < -0.39 is 5.41 Å². The quantitative estimate of drug-likeness (QED) is 0.309. The van der Waals surface area contributed by atoms with Crippen LogP contribution in [-0.4, -0.2) is 10.2 Å². The van der Waals surface area contributed by atoms with Gasteiger partial charge in [-0.25, -0.2) is 0 Å². The molecule has 0 saturated carbocycles. The van der Waals surface area contributed by atoms with E-state index in [2.05, 4.69) is 0 Å². The van der Waals surface area contributed by atoms with Gasteiger partial charge in [-0.05, 0) is 49.2 Å². The van der Waals surface area contributed by atoms with Crippen molar-refractivity contribution in [2.24, 2.45) is 0 Å². The number of hydrogen-bond donors (Lipinski definition) is 2. The minimum Gasteiger partial charge on any atom is -0.507 e. The first-order valence-electron chi connectivity index (χ1n) is 10.2. The summed E-state index contributed by atoms with van der Waals surface area (Å²) in [7, 11) is 0. The molecule has 0 fully saturated rings. The predicted octanol–water partition coefficient (Wildman–Crippen LogP) is 6.31. The van der Waals surface area contributed by atoms with Gasteiger partial charge in [0.1, 0.15) is 34.5 Å². The van der Waals surface area contributed by atoms with E-state index in [9.17, 15) is 10.2 Å². The van der Waals surface area contributed by atoms with E-state index in [1.165, 1.54) is 0 Å². The molecule has 2 aliphatic rings. The minimum absolute atomic E-state index is 0.149. The van der Waals surface area contributed by atoms with Gasteiger partial charge in [-0.3, -0.25) is 0 Å². The molecular formula is C27H20O4. The lowest BCUT2D eigenvalue weighted by Crippen LogP contribution is -2.37. The molecule has 4 nitrogen and oxygen atoms in total. The molecule has 0 aromatic heterocycles. The molecule has 0 atom stereocenters. The Kier molecular flexibility index (Phi) is 3.49. The third-order valence-corrected chi connectivity index (χ3v) is 6.45. The van der Waals surface area contributed by atoms with E-state index in [1.54, 1.807) is 0 Å². The highest BCUT2D eigenvalue weighted by atomic mass is 16.5. The molecule has 0 aliphatic carbocycles. The van der Waals surface area contributed by atoms with Crippen molar-refractivity contribution in [3.05, 3.63) is 106 Å². The molecule has 4 aromatic rings. The van der Waals surface area contributed by atoms with Gasteiger partial charge >= 0.3 is 0 Å². The fourth-order valence-electron chi connectivity index (χ4n) is 5.03. The van der Waals surface area contributed by atoms with Crippen molar-refractivity contribution in [1.29, 1.82) is 0 Å². The van der Waals surface area contributed by atoms with E-state index in [0.717, 1.165) is 22.3 Å². The van der Waals surface area contributed by atoms with Crippen LogP contribution in [0, 0.1) is 13.8 Å². The predicted molar refractivity (Wildman–Crippen MR) is 118 cm³/mol. The Morgan fingerprint density at radius 2 is 0.968 bits per heavy atom. The first-order valence-corrected chi connectivity index (χ1v) is 10.2. The van der Waals surface area contributed by atoms with Crippen LogP contribution in [0.2, 0.25) is 0 Å². The molecule has 0 amide bonds. The summed E-state index contributed by atoms with van der Waals surface area (Å²) in [6.45, 7) is 3.73. The molecule has 0 radical (unpaired) electrons. The first-order chi connectivity index (χ1) is 15.0. The van der Waals surface area contributed by atoms with Crippen LogP contribution in [0.5, 0.6) is 34.5 Å². The lowest BCUT2D eigenvalue weighted by molar-refractivity contribution is 0.368. The average Bonchev–Trinajstić information content (AvgIpc) is 2.79. The summed E-state index contributed by atoms with van der Waals surface area (Å²) in [4.78, 5) is 0. The number of aromatic hydroxyl groups is 2. The maximum atomic E-state index is 11.4. The van der Waals surface area contributed by atoms with Gasteiger partial charge in [0.25, 0.3) is 0 Å². The van der Waals surface area contributed by atoms with Crippen molar-refractivity contribution < 1.29 is 19.7 Å². The van der Waals surface area contributed by atoms with Crippen molar-refractivity contribution >= 4 is 0 Å². The summed E-state index contributed by atoms with van der Waals surface area (Å²) >= 11 is 0. The number of phenols is 2. The van der Waals surface area contributed by atoms with E-state index in [4.69, 9.17) is 9.47 Å². The number of benzene rings is 4. The molecule has 31 heavy (non-hydrogen) atoms. The Labute approximate surface area is 180 Å². The Hall–Kier alpha value is -3.92. The van der Waals surface area contributed by atoms with Crippen LogP contribution in [-0.2, 0) is 5.41 Å². The third-order valence-electron chi connectivity index (χ3n) is 6.45. The van der Waals surface area contributed by atoms with Crippen LogP contribution in [0.15, 0.2) is 72.8 Å². The molecule has 0 saturated heterocycles. The monoisotopic (exact) mass is 408 g/mol. The van der Waals surface area contributed by atoms with Crippen LogP contribution in [0.1, 0.15) is 33.4 Å². The number of rotatable bonds is 0. The number of phenolic OH excluding ortho intramolecular Hbond substituents is 2. The van der Waals surface area contributed by atoms with E-state index in [0.29, 0.717) is 34.1 Å². The zero-order valence-electron chi connectivity index (χ0n) is 17.1. The van der Waals surface area contributed by atoms with Crippen molar-refractivity contribution in [3.63, 3.8) is 0 Å². The van der Waals surface area contributed by atoms with Gasteiger partial charge < -0.3 is 19.7 Å².